The molecule has 0 saturated carbocycles. The van der Waals surface area contributed by atoms with E-state index in [0.717, 1.165) is 11.1 Å². The molecule has 0 spiro atoms. The van der Waals surface area contributed by atoms with E-state index in [1.165, 1.54) is 6.20 Å². The van der Waals surface area contributed by atoms with Crippen molar-refractivity contribution in [3.63, 3.8) is 0 Å². The summed E-state index contributed by atoms with van der Waals surface area (Å²) < 4.78 is 5.70. The molecular weight excluding hydrogens is 430 g/mol. The Balaban J connectivity index is 1.23. The molecule has 8 nitrogen and oxygen atoms in total. The Labute approximate surface area is 191 Å². The van der Waals surface area contributed by atoms with E-state index in [4.69, 9.17) is 16.0 Å². The predicted octanol–water partition coefficient (Wildman–Crippen LogP) is 3.90. The fourth-order valence-electron chi connectivity index (χ4n) is 3.61. The molecular formula is C23H24ClN5O3. The van der Waals surface area contributed by atoms with Crippen LogP contribution in [0.25, 0.3) is 11.5 Å². The standard InChI is InChI=1S/C23H24ClN5O3/c1-15-2-4-17(5-3-15)23-28-27-20(32-23)8-9-21(30)29-12-10-16(11-13-29)22(31)26-19-7-6-18(24)14-25-19/h2-7,14,16H,8-13H2,1H3,(H,25,26,31). The smallest absolute Gasteiger partial charge is 0.247 e. The van der Waals surface area contributed by atoms with Gasteiger partial charge in [-0.05, 0) is 44.0 Å². The van der Waals surface area contributed by atoms with E-state index >= 15 is 0 Å². The van der Waals surface area contributed by atoms with E-state index in [0.29, 0.717) is 61.4 Å². The largest absolute Gasteiger partial charge is 0.421 e. The molecule has 0 aliphatic carbocycles. The fourth-order valence-corrected chi connectivity index (χ4v) is 3.72. The number of carbonyl (C=O) groups is 2. The number of amides is 2. The van der Waals surface area contributed by atoms with E-state index < -0.39 is 0 Å². The number of halogens is 1. The van der Waals surface area contributed by atoms with Crippen molar-refractivity contribution in [2.45, 2.75) is 32.6 Å². The van der Waals surface area contributed by atoms with Crippen LogP contribution in [0.3, 0.4) is 0 Å². The number of rotatable bonds is 6. The maximum Gasteiger partial charge on any atom is 0.247 e. The van der Waals surface area contributed by atoms with E-state index in [9.17, 15) is 9.59 Å². The van der Waals surface area contributed by atoms with Gasteiger partial charge in [0.2, 0.25) is 23.6 Å². The molecule has 2 amide bonds. The number of hydrogen-bond donors (Lipinski definition) is 1. The second kappa shape index (κ2) is 9.91. The van der Waals surface area contributed by atoms with Crippen LogP contribution in [-0.2, 0) is 16.0 Å². The number of anilines is 1. The molecule has 166 valence electrons. The number of nitrogens with zero attached hydrogens (tertiary/aromatic N) is 4. The fraction of sp³-hybridized carbons (Fsp3) is 0.348. The molecule has 3 heterocycles. The maximum absolute atomic E-state index is 12.6. The van der Waals surface area contributed by atoms with Gasteiger partial charge in [0, 0.05) is 43.6 Å². The van der Waals surface area contributed by atoms with Crippen molar-refractivity contribution in [1.29, 1.82) is 0 Å². The zero-order chi connectivity index (χ0) is 22.5. The highest BCUT2D eigenvalue weighted by atomic mass is 35.5. The molecule has 0 bridgehead atoms. The van der Waals surface area contributed by atoms with Gasteiger partial charge in [0.05, 0.1) is 5.02 Å². The van der Waals surface area contributed by atoms with Gasteiger partial charge < -0.3 is 14.6 Å². The summed E-state index contributed by atoms with van der Waals surface area (Å²) in [6, 6.07) is 11.2. The van der Waals surface area contributed by atoms with Gasteiger partial charge in [-0.25, -0.2) is 4.98 Å². The van der Waals surface area contributed by atoms with Gasteiger partial charge in [-0.1, -0.05) is 29.3 Å². The average Bonchev–Trinajstić information content (AvgIpc) is 3.28. The van der Waals surface area contributed by atoms with Gasteiger partial charge in [0.25, 0.3) is 0 Å². The predicted molar refractivity (Wildman–Crippen MR) is 120 cm³/mol. The summed E-state index contributed by atoms with van der Waals surface area (Å²) in [5.74, 6) is 1.17. The average molecular weight is 454 g/mol. The van der Waals surface area contributed by atoms with Crippen LogP contribution < -0.4 is 5.32 Å². The second-order valence-corrected chi connectivity index (χ2v) is 8.31. The minimum atomic E-state index is -0.149. The molecule has 3 aromatic rings. The topological polar surface area (TPSA) is 101 Å². The maximum atomic E-state index is 12.6. The summed E-state index contributed by atoms with van der Waals surface area (Å²) in [4.78, 5) is 30.9. The molecule has 1 aliphatic heterocycles. The molecule has 1 fully saturated rings. The Morgan fingerprint density at radius 3 is 2.56 bits per heavy atom. The van der Waals surface area contributed by atoms with Crippen molar-refractivity contribution in [3.05, 3.63) is 59.1 Å². The number of piperidine rings is 1. The minimum absolute atomic E-state index is 0.0262. The number of carbonyl (C=O) groups excluding carboxylic acids is 2. The number of pyridine rings is 1. The van der Waals surface area contributed by atoms with E-state index in [1.807, 2.05) is 31.2 Å². The van der Waals surface area contributed by atoms with Gasteiger partial charge in [-0.2, -0.15) is 0 Å². The van der Waals surface area contributed by atoms with Gasteiger partial charge >= 0.3 is 0 Å². The highest BCUT2D eigenvalue weighted by Crippen LogP contribution is 2.22. The zero-order valence-corrected chi connectivity index (χ0v) is 18.5. The highest BCUT2D eigenvalue weighted by Gasteiger charge is 2.27. The molecule has 1 N–H and O–H groups in total. The molecule has 32 heavy (non-hydrogen) atoms. The molecule has 1 aromatic carbocycles. The van der Waals surface area contributed by atoms with Crippen molar-refractivity contribution >= 4 is 29.2 Å². The Morgan fingerprint density at radius 1 is 1.12 bits per heavy atom. The molecule has 1 saturated heterocycles. The third kappa shape index (κ3) is 5.50. The number of aryl methyl sites for hydroxylation is 2. The first-order valence-electron chi connectivity index (χ1n) is 10.6. The van der Waals surface area contributed by atoms with Crippen LogP contribution in [0.5, 0.6) is 0 Å². The normalized spacial score (nSPS) is 14.4. The van der Waals surface area contributed by atoms with Crippen LogP contribution in [0.4, 0.5) is 5.82 Å². The number of aromatic nitrogens is 3. The Hall–Kier alpha value is -3.26. The van der Waals surface area contributed by atoms with E-state index in [-0.39, 0.29) is 17.7 Å². The Morgan fingerprint density at radius 2 is 1.88 bits per heavy atom. The third-order valence-electron chi connectivity index (χ3n) is 5.52. The first-order valence-corrected chi connectivity index (χ1v) is 11.0. The van der Waals surface area contributed by atoms with Gasteiger partial charge in [-0.3, -0.25) is 9.59 Å². The van der Waals surface area contributed by atoms with Crippen LogP contribution in [0.1, 0.15) is 30.7 Å². The van der Waals surface area contributed by atoms with Gasteiger partial charge in [-0.15, -0.1) is 10.2 Å². The Kier molecular flexibility index (Phi) is 6.80. The van der Waals surface area contributed by atoms with Crippen LogP contribution in [-0.4, -0.2) is 45.0 Å². The molecule has 0 atom stereocenters. The molecule has 1 aliphatic rings. The third-order valence-corrected chi connectivity index (χ3v) is 5.74. The van der Waals surface area contributed by atoms with Crippen LogP contribution >= 0.6 is 11.6 Å². The van der Waals surface area contributed by atoms with Crippen LogP contribution in [0, 0.1) is 12.8 Å². The van der Waals surface area contributed by atoms with Crippen molar-refractivity contribution < 1.29 is 14.0 Å². The summed E-state index contributed by atoms with van der Waals surface area (Å²) in [6.07, 6.45) is 3.40. The summed E-state index contributed by atoms with van der Waals surface area (Å²) >= 11 is 5.82. The summed E-state index contributed by atoms with van der Waals surface area (Å²) in [6.45, 7) is 3.10. The van der Waals surface area contributed by atoms with Crippen molar-refractivity contribution in [1.82, 2.24) is 20.1 Å². The molecule has 4 rings (SSSR count). The van der Waals surface area contributed by atoms with Crippen molar-refractivity contribution in [2.24, 2.45) is 5.92 Å². The summed E-state index contributed by atoms with van der Waals surface area (Å²) in [5.41, 5.74) is 2.01. The molecule has 0 unspecified atom stereocenters. The lowest BCUT2D eigenvalue weighted by Crippen LogP contribution is -2.41. The van der Waals surface area contributed by atoms with Crippen molar-refractivity contribution in [3.8, 4) is 11.5 Å². The molecule has 2 aromatic heterocycles. The van der Waals surface area contributed by atoms with Crippen LogP contribution in [0.15, 0.2) is 47.0 Å². The first kappa shape index (κ1) is 22.0. The minimum Gasteiger partial charge on any atom is -0.421 e. The number of likely N-dealkylation sites (tertiary alicyclic amines) is 1. The Bertz CT molecular complexity index is 1070. The highest BCUT2D eigenvalue weighted by molar-refractivity contribution is 6.30. The lowest BCUT2D eigenvalue weighted by atomic mass is 9.95. The van der Waals surface area contributed by atoms with Gasteiger partial charge in [0.15, 0.2) is 0 Å². The summed E-state index contributed by atoms with van der Waals surface area (Å²) in [7, 11) is 0. The summed E-state index contributed by atoms with van der Waals surface area (Å²) in [5, 5.41) is 11.5. The quantitative estimate of drug-likeness (QED) is 0.607. The van der Waals surface area contributed by atoms with Gasteiger partial charge in [0.1, 0.15) is 5.82 Å². The molecule has 9 heteroatoms. The second-order valence-electron chi connectivity index (χ2n) is 7.87. The monoisotopic (exact) mass is 453 g/mol. The number of hydrogen-bond acceptors (Lipinski definition) is 6. The number of benzene rings is 1. The number of nitrogens with one attached hydrogen (secondary N) is 1. The SMILES string of the molecule is Cc1ccc(-c2nnc(CCC(=O)N3CCC(C(=O)Nc4ccc(Cl)cn4)CC3)o2)cc1. The van der Waals surface area contributed by atoms with E-state index in [2.05, 4.69) is 20.5 Å². The van der Waals surface area contributed by atoms with E-state index in [1.54, 1.807) is 17.0 Å². The zero-order valence-electron chi connectivity index (χ0n) is 17.8. The lowest BCUT2D eigenvalue weighted by Gasteiger charge is -2.31. The molecule has 0 radical (unpaired) electrons. The first-order chi connectivity index (χ1) is 15.5. The van der Waals surface area contributed by atoms with Crippen molar-refractivity contribution in [2.75, 3.05) is 18.4 Å². The lowest BCUT2D eigenvalue weighted by molar-refractivity contribution is -0.134. The van der Waals surface area contributed by atoms with Crippen LogP contribution in [0.2, 0.25) is 5.02 Å².